The molecule has 0 spiro atoms. The number of aliphatic carboxylic acids is 2. The van der Waals surface area contributed by atoms with E-state index in [1.54, 1.807) is 0 Å². The number of rotatable bonds is 4. The first kappa shape index (κ1) is 21.0. The fourth-order valence-electron chi connectivity index (χ4n) is 1.03. The second kappa shape index (κ2) is 7.51. The number of hydrogen-bond donors (Lipinski definition) is 0. The van der Waals surface area contributed by atoms with Crippen LogP contribution in [-0.2, 0) is 9.59 Å². The Kier molecular flexibility index (Phi) is 7.89. The van der Waals surface area contributed by atoms with Gasteiger partial charge in [0.25, 0.3) is 0 Å². The van der Waals surface area contributed by atoms with Crippen molar-refractivity contribution in [2.75, 3.05) is 0 Å². The molecule has 0 aliphatic heterocycles. The number of carbonyl (C=O) groups is 2. The van der Waals surface area contributed by atoms with E-state index in [0.717, 1.165) is 0 Å². The van der Waals surface area contributed by atoms with Crippen molar-refractivity contribution in [3.05, 3.63) is 11.1 Å². The summed E-state index contributed by atoms with van der Waals surface area (Å²) in [5, 5.41) is 18.2. The third-order valence-corrected chi connectivity index (χ3v) is 4.88. The van der Waals surface area contributed by atoms with Crippen molar-refractivity contribution in [3.63, 3.8) is 0 Å². The Hall–Kier alpha value is 1.00. The van der Waals surface area contributed by atoms with Gasteiger partial charge < -0.3 is 19.8 Å². The van der Waals surface area contributed by atoms with E-state index >= 15 is 0 Å². The topological polar surface area (TPSA) is 80.3 Å². The average Bonchev–Trinajstić information content (AvgIpc) is 2.19. The molecule has 12 heteroatoms. The molecule has 0 rings (SSSR count). The maximum absolute atomic E-state index is 11.1. The predicted molar refractivity (Wildman–Crippen MR) is 76.9 cm³/mol. The van der Waals surface area contributed by atoms with Crippen molar-refractivity contribution >= 4 is 105 Å². The lowest BCUT2D eigenvalue weighted by molar-refractivity contribution is -0.304. The fourth-order valence-corrected chi connectivity index (χ4v) is 2.10. The molecule has 0 fully saturated rings. The van der Waals surface area contributed by atoms with Gasteiger partial charge in [-0.25, -0.2) is 0 Å². The second-order valence-corrected chi connectivity index (χ2v) is 8.82. The van der Waals surface area contributed by atoms with Gasteiger partial charge in [-0.3, -0.25) is 0 Å². The lowest BCUT2D eigenvalue weighted by Crippen LogP contribution is -2.43. The van der Waals surface area contributed by atoms with E-state index in [9.17, 15) is 19.8 Å². The van der Waals surface area contributed by atoms with Gasteiger partial charge in [-0.2, -0.15) is 0 Å². The summed E-state index contributed by atoms with van der Waals surface area (Å²) < 4.78 is -4.77. The molecule has 2 unspecified atom stereocenters. The average molecular weight is 446 g/mol. The number of carbonyl (C=O) groups excluding carboxylic acids is 2. The molecule has 0 bridgehead atoms. The van der Waals surface area contributed by atoms with Gasteiger partial charge in [0, 0.05) is 11.1 Å². The van der Waals surface area contributed by atoms with Gasteiger partial charge in [-0.15, -0.1) is 23.2 Å². The van der Waals surface area contributed by atoms with E-state index in [0.29, 0.717) is 0 Å². The Bertz CT molecular complexity index is 395. The van der Waals surface area contributed by atoms with Gasteiger partial charge in [-0.05, 0) is 0 Å². The van der Waals surface area contributed by atoms with Crippen LogP contribution < -0.4 is 10.2 Å². The van der Waals surface area contributed by atoms with E-state index in [1.165, 1.54) is 0 Å². The first-order chi connectivity index (χ1) is 8.71. The molecule has 0 heterocycles. The highest BCUT2D eigenvalue weighted by molar-refractivity contribution is 6.71. The summed E-state index contributed by atoms with van der Waals surface area (Å²) in [5.74, 6) is -4.15. The summed E-state index contributed by atoms with van der Waals surface area (Å²) in [6.07, 6.45) is 0. The minimum atomic E-state index is -2.39. The van der Waals surface area contributed by atoms with Crippen LogP contribution in [0.25, 0.3) is 0 Å². The summed E-state index contributed by atoms with van der Waals surface area (Å²) in [5.41, 5.74) is -2.34. The summed E-state index contributed by atoms with van der Waals surface area (Å²) in [6, 6.07) is 0. The van der Waals surface area contributed by atoms with Gasteiger partial charge >= 0.3 is 0 Å². The standard InChI is InChI=1S/C8H4Cl8O4/c9-3(7(11,12)13)1(5(17)18)2(6(19)20)4(10)8(14,15)16/h3-4H,(H,17,18)(H,19,20)/p-2/b2-1+. The quantitative estimate of drug-likeness (QED) is 0.488. The Morgan fingerprint density at radius 1 is 0.700 bits per heavy atom. The molecule has 0 aromatic carbocycles. The molecule has 0 aromatic heterocycles. The SMILES string of the molecule is O=C([O-])/C(=C(/C(=O)[O-])C(Cl)C(Cl)(Cl)Cl)C(Cl)C(Cl)(Cl)Cl. The van der Waals surface area contributed by atoms with E-state index in [-0.39, 0.29) is 0 Å². The van der Waals surface area contributed by atoms with Crippen LogP contribution in [0.15, 0.2) is 11.1 Å². The van der Waals surface area contributed by atoms with Gasteiger partial charge in [0.2, 0.25) is 7.59 Å². The highest BCUT2D eigenvalue weighted by Gasteiger charge is 2.41. The van der Waals surface area contributed by atoms with Crippen LogP contribution in [0.1, 0.15) is 0 Å². The summed E-state index contributed by atoms with van der Waals surface area (Å²) >= 11 is 43.6. The molecule has 4 nitrogen and oxygen atoms in total. The maximum Gasteiger partial charge on any atom is 0.210 e. The van der Waals surface area contributed by atoms with Gasteiger partial charge in [0.15, 0.2) is 0 Å². The van der Waals surface area contributed by atoms with Crippen molar-refractivity contribution in [2.24, 2.45) is 0 Å². The smallest absolute Gasteiger partial charge is 0.210 e. The monoisotopic (exact) mass is 442 g/mol. The zero-order chi connectivity index (χ0) is 16.5. The number of carboxylic acids is 2. The zero-order valence-corrected chi connectivity index (χ0v) is 14.9. The van der Waals surface area contributed by atoms with Crippen LogP contribution in [0.3, 0.4) is 0 Å². The van der Waals surface area contributed by atoms with Gasteiger partial charge in [0.05, 0.1) is 11.9 Å². The van der Waals surface area contributed by atoms with Crippen molar-refractivity contribution in [3.8, 4) is 0 Å². The molecule has 0 aromatic rings. The zero-order valence-electron chi connectivity index (χ0n) is 8.81. The van der Waals surface area contributed by atoms with Gasteiger partial charge in [0.1, 0.15) is 10.8 Å². The number of alkyl halides is 8. The molecule has 2 atom stereocenters. The van der Waals surface area contributed by atoms with Gasteiger partial charge in [-0.1, -0.05) is 69.6 Å². The van der Waals surface area contributed by atoms with Crippen molar-refractivity contribution < 1.29 is 19.8 Å². The van der Waals surface area contributed by atoms with E-state index in [4.69, 9.17) is 92.8 Å². The molecule has 116 valence electrons. The van der Waals surface area contributed by atoms with Crippen LogP contribution >= 0.6 is 92.8 Å². The van der Waals surface area contributed by atoms with Crippen LogP contribution in [0.4, 0.5) is 0 Å². The minimum Gasteiger partial charge on any atom is -0.545 e. The normalized spacial score (nSPS) is 17.2. The summed E-state index contributed by atoms with van der Waals surface area (Å²) in [4.78, 5) is 22.1. The summed E-state index contributed by atoms with van der Waals surface area (Å²) in [6.45, 7) is 0. The van der Waals surface area contributed by atoms with Crippen LogP contribution in [0, 0.1) is 0 Å². The summed E-state index contributed by atoms with van der Waals surface area (Å²) in [7, 11) is 0. The molecule has 0 saturated carbocycles. The van der Waals surface area contributed by atoms with Crippen molar-refractivity contribution in [1.82, 2.24) is 0 Å². The van der Waals surface area contributed by atoms with E-state index in [2.05, 4.69) is 0 Å². The number of carboxylic acid groups (broad SMARTS) is 2. The van der Waals surface area contributed by atoms with E-state index in [1.807, 2.05) is 0 Å². The predicted octanol–water partition coefficient (Wildman–Crippen LogP) is 1.74. The minimum absolute atomic E-state index is 1.17. The lowest BCUT2D eigenvalue weighted by atomic mass is 10.0. The molecule has 0 aliphatic carbocycles. The van der Waals surface area contributed by atoms with Crippen LogP contribution in [0.5, 0.6) is 0 Å². The molecule has 20 heavy (non-hydrogen) atoms. The molecule has 0 radical (unpaired) electrons. The maximum atomic E-state index is 11.1. The van der Waals surface area contributed by atoms with Crippen LogP contribution in [-0.4, -0.2) is 30.3 Å². The van der Waals surface area contributed by atoms with Crippen molar-refractivity contribution in [2.45, 2.75) is 18.3 Å². The van der Waals surface area contributed by atoms with E-state index < -0.39 is 41.4 Å². The fraction of sp³-hybridized carbons (Fsp3) is 0.500. The lowest BCUT2D eigenvalue weighted by Gasteiger charge is -2.29. The largest absolute Gasteiger partial charge is 0.545 e. The first-order valence-electron chi connectivity index (χ1n) is 4.29. The van der Waals surface area contributed by atoms with Crippen LogP contribution in [0.2, 0.25) is 0 Å². The highest BCUT2D eigenvalue weighted by atomic mass is 35.6. The Labute approximate surface area is 153 Å². The Morgan fingerprint density at radius 3 is 1.00 bits per heavy atom. The molecule has 0 amide bonds. The molecular weight excluding hydrogens is 444 g/mol. The molecule has 0 aliphatic rings. The molecular formula is C8H2Cl8O4-2. The number of hydrogen-bond acceptors (Lipinski definition) is 4. The number of halogens is 8. The third kappa shape index (κ3) is 5.65. The third-order valence-electron chi connectivity index (χ3n) is 1.81. The molecule has 0 saturated heterocycles. The molecule has 0 N–H and O–H groups in total. The Morgan fingerprint density at radius 2 is 0.900 bits per heavy atom. The first-order valence-corrected chi connectivity index (χ1v) is 7.43. The highest BCUT2D eigenvalue weighted by Crippen LogP contribution is 2.43. The second-order valence-electron chi connectivity index (χ2n) is 3.21. The van der Waals surface area contributed by atoms with Crippen molar-refractivity contribution in [1.29, 1.82) is 0 Å². The Balaban J connectivity index is 6.24.